The van der Waals surface area contributed by atoms with Gasteiger partial charge in [-0.2, -0.15) is 0 Å². The van der Waals surface area contributed by atoms with Crippen molar-refractivity contribution in [3.05, 3.63) is 71.0 Å². The highest BCUT2D eigenvalue weighted by molar-refractivity contribution is 5.87. The number of hydrogen-bond donors (Lipinski definition) is 2. The van der Waals surface area contributed by atoms with E-state index in [1.54, 1.807) is 30.3 Å². The molecule has 0 aromatic heterocycles. The number of aromatic carboxylic acids is 1. The maximum Gasteiger partial charge on any atom is 0.335 e. The van der Waals surface area contributed by atoms with Gasteiger partial charge in [0, 0.05) is 6.54 Å². The molecule has 2 aromatic rings. The van der Waals surface area contributed by atoms with Gasteiger partial charge in [-0.25, -0.2) is 9.18 Å². The molecule has 1 aliphatic carbocycles. The fourth-order valence-corrected chi connectivity index (χ4v) is 2.78. The Kier molecular flexibility index (Phi) is 4.34. The lowest BCUT2D eigenvalue weighted by Crippen LogP contribution is -2.33. The van der Waals surface area contributed by atoms with Crippen LogP contribution in [-0.2, 0) is 17.8 Å². The maximum atomic E-state index is 13.8. The van der Waals surface area contributed by atoms with Gasteiger partial charge < -0.3 is 10.4 Å². The summed E-state index contributed by atoms with van der Waals surface area (Å²) in [6, 6.07) is 12.9. The average molecular weight is 327 g/mol. The van der Waals surface area contributed by atoms with Gasteiger partial charge >= 0.3 is 5.97 Å². The molecule has 0 heterocycles. The van der Waals surface area contributed by atoms with Gasteiger partial charge in [-0.1, -0.05) is 30.3 Å². The van der Waals surface area contributed by atoms with Crippen molar-refractivity contribution in [2.24, 2.45) is 5.41 Å². The summed E-state index contributed by atoms with van der Waals surface area (Å²) in [5.74, 6) is -1.33. The molecule has 0 bridgehead atoms. The van der Waals surface area contributed by atoms with Crippen molar-refractivity contribution in [1.29, 1.82) is 0 Å². The minimum absolute atomic E-state index is 0.0759. The lowest BCUT2D eigenvalue weighted by Gasteiger charge is -2.16. The highest BCUT2D eigenvalue weighted by atomic mass is 19.1. The molecule has 1 aliphatic rings. The van der Waals surface area contributed by atoms with Crippen LogP contribution >= 0.6 is 0 Å². The molecule has 0 radical (unpaired) electrons. The van der Waals surface area contributed by atoms with Crippen LogP contribution in [0.5, 0.6) is 0 Å². The van der Waals surface area contributed by atoms with Crippen LogP contribution in [0.2, 0.25) is 0 Å². The molecule has 1 amide bonds. The number of carboxylic acid groups (broad SMARTS) is 1. The molecule has 4 nitrogen and oxygen atoms in total. The number of carboxylic acids is 1. The summed E-state index contributed by atoms with van der Waals surface area (Å²) < 4.78 is 13.8. The fraction of sp³-hybridized carbons (Fsp3) is 0.263. The lowest BCUT2D eigenvalue weighted by molar-refractivity contribution is -0.126. The van der Waals surface area contributed by atoms with E-state index in [9.17, 15) is 14.0 Å². The molecule has 1 saturated carbocycles. The van der Waals surface area contributed by atoms with E-state index < -0.39 is 11.4 Å². The molecule has 0 aliphatic heterocycles. The van der Waals surface area contributed by atoms with Gasteiger partial charge in [0.1, 0.15) is 5.82 Å². The normalized spacial score (nSPS) is 14.9. The third kappa shape index (κ3) is 3.45. The van der Waals surface area contributed by atoms with Gasteiger partial charge in [0.2, 0.25) is 5.91 Å². The summed E-state index contributed by atoms with van der Waals surface area (Å²) in [6.45, 7) is 0.331. The number of amides is 1. The van der Waals surface area contributed by atoms with Gasteiger partial charge in [-0.05, 0) is 48.6 Å². The van der Waals surface area contributed by atoms with Crippen LogP contribution in [0.3, 0.4) is 0 Å². The summed E-state index contributed by atoms with van der Waals surface area (Å²) in [7, 11) is 0. The SMILES string of the molecule is O=C(O)c1ccc(CNC(=O)C2(Cc3ccccc3F)CC2)cc1. The van der Waals surface area contributed by atoms with Crippen LogP contribution < -0.4 is 5.32 Å². The lowest BCUT2D eigenvalue weighted by atomic mass is 9.95. The molecular formula is C19H18FNO3. The van der Waals surface area contributed by atoms with Crippen molar-refractivity contribution in [3.8, 4) is 0 Å². The smallest absolute Gasteiger partial charge is 0.335 e. The zero-order valence-corrected chi connectivity index (χ0v) is 13.1. The Morgan fingerprint density at radius 2 is 1.75 bits per heavy atom. The Labute approximate surface area is 139 Å². The number of carbonyl (C=O) groups is 2. The molecule has 2 N–H and O–H groups in total. The Morgan fingerprint density at radius 1 is 1.08 bits per heavy atom. The molecule has 2 aromatic carbocycles. The highest BCUT2D eigenvalue weighted by Gasteiger charge is 2.49. The highest BCUT2D eigenvalue weighted by Crippen LogP contribution is 2.48. The summed E-state index contributed by atoms with van der Waals surface area (Å²) >= 11 is 0. The largest absolute Gasteiger partial charge is 0.478 e. The van der Waals surface area contributed by atoms with Crippen molar-refractivity contribution in [3.63, 3.8) is 0 Å². The quantitative estimate of drug-likeness (QED) is 0.856. The number of halogens is 1. The van der Waals surface area contributed by atoms with Crippen molar-refractivity contribution in [1.82, 2.24) is 5.32 Å². The van der Waals surface area contributed by atoms with E-state index in [1.807, 2.05) is 0 Å². The van der Waals surface area contributed by atoms with Gasteiger partial charge in [0.25, 0.3) is 0 Å². The fourth-order valence-electron chi connectivity index (χ4n) is 2.78. The molecule has 5 heteroatoms. The molecule has 3 rings (SSSR count). The second kappa shape index (κ2) is 6.43. The second-order valence-corrected chi connectivity index (χ2v) is 6.23. The van der Waals surface area contributed by atoms with Gasteiger partial charge in [0.05, 0.1) is 11.0 Å². The summed E-state index contributed by atoms with van der Waals surface area (Å²) in [5, 5.41) is 11.8. The van der Waals surface area contributed by atoms with Crippen LogP contribution in [-0.4, -0.2) is 17.0 Å². The summed E-state index contributed by atoms with van der Waals surface area (Å²) in [4.78, 5) is 23.3. The van der Waals surface area contributed by atoms with E-state index in [2.05, 4.69) is 5.32 Å². The van der Waals surface area contributed by atoms with Crippen molar-refractivity contribution < 1.29 is 19.1 Å². The third-order valence-electron chi connectivity index (χ3n) is 4.48. The van der Waals surface area contributed by atoms with Crippen LogP contribution in [0.4, 0.5) is 4.39 Å². The first-order valence-corrected chi connectivity index (χ1v) is 7.84. The Bertz CT molecular complexity index is 766. The maximum absolute atomic E-state index is 13.8. The molecule has 0 spiro atoms. The van der Waals surface area contributed by atoms with E-state index in [4.69, 9.17) is 5.11 Å². The zero-order chi connectivity index (χ0) is 17.2. The molecule has 24 heavy (non-hydrogen) atoms. The van der Waals surface area contributed by atoms with Crippen LogP contribution in [0, 0.1) is 11.2 Å². The second-order valence-electron chi connectivity index (χ2n) is 6.23. The first-order chi connectivity index (χ1) is 11.5. The van der Waals surface area contributed by atoms with Crippen molar-refractivity contribution in [2.45, 2.75) is 25.8 Å². The standard InChI is InChI=1S/C19H18FNO3/c20-16-4-2-1-3-15(16)11-19(9-10-19)18(24)21-12-13-5-7-14(8-6-13)17(22)23/h1-8H,9-12H2,(H,21,24)(H,22,23). The Hall–Kier alpha value is -2.69. The first kappa shape index (κ1) is 16.2. The Balaban J connectivity index is 1.60. The third-order valence-corrected chi connectivity index (χ3v) is 4.48. The van der Waals surface area contributed by atoms with E-state index in [0.717, 1.165) is 18.4 Å². The van der Waals surface area contributed by atoms with Crippen LogP contribution in [0.25, 0.3) is 0 Å². The molecule has 124 valence electrons. The summed E-state index contributed by atoms with van der Waals surface area (Å²) in [6.07, 6.45) is 1.92. The minimum Gasteiger partial charge on any atom is -0.478 e. The molecule has 0 saturated heterocycles. The van der Waals surface area contributed by atoms with E-state index in [1.165, 1.54) is 18.2 Å². The Morgan fingerprint density at radius 3 is 2.33 bits per heavy atom. The zero-order valence-electron chi connectivity index (χ0n) is 13.1. The average Bonchev–Trinajstić information content (AvgIpc) is 3.36. The monoisotopic (exact) mass is 327 g/mol. The molecule has 1 fully saturated rings. The molecule has 0 atom stereocenters. The predicted octanol–water partition coefficient (Wildman–Crippen LogP) is 3.16. The number of benzene rings is 2. The van der Waals surface area contributed by atoms with E-state index in [-0.39, 0.29) is 17.3 Å². The van der Waals surface area contributed by atoms with Gasteiger partial charge in [-0.3, -0.25) is 4.79 Å². The van der Waals surface area contributed by atoms with Crippen molar-refractivity contribution >= 4 is 11.9 Å². The van der Waals surface area contributed by atoms with Gasteiger partial charge in [-0.15, -0.1) is 0 Å². The number of nitrogens with one attached hydrogen (secondary N) is 1. The van der Waals surface area contributed by atoms with Crippen LogP contribution in [0.1, 0.15) is 34.3 Å². The van der Waals surface area contributed by atoms with Gasteiger partial charge in [0.15, 0.2) is 0 Å². The number of rotatable bonds is 6. The minimum atomic E-state index is -0.979. The van der Waals surface area contributed by atoms with Crippen molar-refractivity contribution in [2.75, 3.05) is 0 Å². The van der Waals surface area contributed by atoms with Crippen LogP contribution in [0.15, 0.2) is 48.5 Å². The van der Waals surface area contributed by atoms with E-state index >= 15 is 0 Å². The number of hydrogen-bond acceptors (Lipinski definition) is 2. The number of carbonyl (C=O) groups excluding carboxylic acids is 1. The predicted molar refractivity (Wildman–Crippen MR) is 87.0 cm³/mol. The molecule has 0 unspecified atom stereocenters. The van der Waals surface area contributed by atoms with E-state index in [0.29, 0.717) is 18.5 Å². The summed E-state index contributed by atoms with van der Waals surface area (Å²) in [5.41, 5.74) is 1.10. The first-order valence-electron chi connectivity index (χ1n) is 7.84. The molecular weight excluding hydrogens is 309 g/mol. The topological polar surface area (TPSA) is 66.4 Å².